The molecule has 0 saturated carbocycles. The minimum absolute atomic E-state index is 0.0681. The first-order valence-electron chi connectivity index (χ1n) is 6.98. The molecule has 1 aliphatic rings. The van der Waals surface area contributed by atoms with Crippen molar-refractivity contribution in [1.29, 1.82) is 0 Å². The number of hydrogen-bond acceptors (Lipinski definition) is 5. The summed E-state index contributed by atoms with van der Waals surface area (Å²) in [6, 6.07) is 0. The monoisotopic (exact) mass is 287 g/mol. The number of hydrogen-bond donors (Lipinski definition) is 2. The van der Waals surface area contributed by atoms with Gasteiger partial charge in [-0.15, -0.1) is 0 Å². The Kier molecular flexibility index (Phi) is 6.57. The van der Waals surface area contributed by atoms with E-state index < -0.39 is 6.10 Å². The summed E-state index contributed by atoms with van der Waals surface area (Å²) in [7, 11) is 0. The lowest BCUT2D eigenvalue weighted by Gasteiger charge is -2.18. The molecule has 0 aromatic rings. The molecule has 1 aliphatic heterocycles. The van der Waals surface area contributed by atoms with Gasteiger partial charge in [-0.3, -0.25) is 0 Å². The lowest BCUT2D eigenvalue weighted by molar-refractivity contribution is 0.0787. The molecule has 1 rings (SSSR count). The van der Waals surface area contributed by atoms with E-state index in [1.807, 2.05) is 13.8 Å². The lowest BCUT2D eigenvalue weighted by atomic mass is 10.1. The van der Waals surface area contributed by atoms with Crippen LogP contribution in [0.25, 0.3) is 0 Å². The predicted molar refractivity (Wildman–Crippen MR) is 74.7 cm³/mol. The van der Waals surface area contributed by atoms with Gasteiger partial charge in [-0.25, -0.2) is 4.79 Å². The van der Waals surface area contributed by atoms with E-state index in [4.69, 9.17) is 20.4 Å². The quantitative estimate of drug-likeness (QED) is 0.333. The van der Waals surface area contributed by atoms with Gasteiger partial charge in [0.2, 0.25) is 0 Å². The Morgan fingerprint density at radius 2 is 2.20 bits per heavy atom. The number of amides is 1. The molecule has 7 nitrogen and oxygen atoms in total. The summed E-state index contributed by atoms with van der Waals surface area (Å²) in [5.74, 6) is 0.479. The molecule has 3 N–H and O–H groups in total. The molecule has 0 radical (unpaired) electrons. The maximum Gasteiger partial charge on any atom is 0.410 e. The zero-order chi connectivity index (χ0) is 15.1. The Morgan fingerprint density at radius 1 is 1.50 bits per heavy atom. The second-order valence-corrected chi connectivity index (χ2v) is 5.36. The maximum atomic E-state index is 11.7. The first-order chi connectivity index (χ1) is 9.43. The van der Waals surface area contributed by atoms with Crippen LogP contribution in [-0.4, -0.2) is 53.9 Å². The average molecular weight is 287 g/mol. The third-order valence-electron chi connectivity index (χ3n) is 3.31. The number of nitrogens with zero attached hydrogens (tertiary/aromatic N) is 2. The maximum absolute atomic E-state index is 11.7. The van der Waals surface area contributed by atoms with Crippen LogP contribution in [0.4, 0.5) is 4.79 Å². The van der Waals surface area contributed by atoms with Crippen molar-refractivity contribution < 1.29 is 19.5 Å². The van der Waals surface area contributed by atoms with Crippen LogP contribution in [-0.2, 0) is 9.47 Å². The molecule has 116 valence electrons. The SMILES string of the molecule is CC(C)OC(=O)N1CCC(CCOC(C)C(N)=NO)C1. The van der Waals surface area contributed by atoms with Gasteiger partial charge in [0, 0.05) is 19.7 Å². The number of oxime groups is 1. The van der Waals surface area contributed by atoms with Crippen molar-refractivity contribution in [2.24, 2.45) is 16.8 Å². The van der Waals surface area contributed by atoms with Crippen molar-refractivity contribution in [3.63, 3.8) is 0 Å². The Balaban J connectivity index is 2.23. The van der Waals surface area contributed by atoms with Crippen molar-refractivity contribution in [2.45, 2.75) is 45.8 Å². The summed E-state index contributed by atoms with van der Waals surface area (Å²) in [5.41, 5.74) is 5.42. The van der Waals surface area contributed by atoms with Crippen molar-refractivity contribution in [2.75, 3.05) is 19.7 Å². The molecule has 0 spiro atoms. The summed E-state index contributed by atoms with van der Waals surface area (Å²) in [6.45, 7) is 7.37. The van der Waals surface area contributed by atoms with Crippen LogP contribution in [0.5, 0.6) is 0 Å². The molecule has 0 aliphatic carbocycles. The van der Waals surface area contributed by atoms with E-state index in [2.05, 4.69) is 5.16 Å². The highest BCUT2D eigenvalue weighted by molar-refractivity contribution is 5.83. The second kappa shape index (κ2) is 7.94. The van der Waals surface area contributed by atoms with Gasteiger partial charge in [0.25, 0.3) is 0 Å². The van der Waals surface area contributed by atoms with E-state index in [-0.39, 0.29) is 18.0 Å². The van der Waals surface area contributed by atoms with E-state index in [0.29, 0.717) is 19.1 Å². The largest absolute Gasteiger partial charge is 0.447 e. The van der Waals surface area contributed by atoms with Crippen LogP contribution in [0.15, 0.2) is 5.16 Å². The first kappa shape index (κ1) is 16.6. The number of likely N-dealkylation sites (tertiary alicyclic amines) is 1. The smallest absolute Gasteiger partial charge is 0.410 e. The second-order valence-electron chi connectivity index (χ2n) is 5.36. The molecule has 2 atom stereocenters. The fraction of sp³-hybridized carbons (Fsp3) is 0.846. The summed E-state index contributed by atoms with van der Waals surface area (Å²) in [6.07, 6.45) is 1.06. The highest BCUT2D eigenvalue weighted by Gasteiger charge is 2.27. The normalized spacial score (nSPS) is 21.3. The Bertz CT molecular complexity index is 347. The van der Waals surface area contributed by atoms with Crippen LogP contribution in [0.1, 0.15) is 33.6 Å². The highest BCUT2D eigenvalue weighted by Crippen LogP contribution is 2.20. The van der Waals surface area contributed by atoms with Crippen molar-refractivity contribution >= 4 is 11.9 Å². The zero-order valence-corrected chi connectivity index (χ0v) is 12.4. The van der Waals surface area contributed by atoms with E-state index >= 15 is 0 Å². The van der Waals surface area contributed by atoms with Gasteiger partial charge in [0.05, 0.1) is 6.10 Å². The molecular weight excluding hydrogens is 262 g/mol. The molecule has 0 aromatic carbocycles. The molecule has 0 aromatic heterocycles. The minimum atomic E-state index is -0.400. The van der Waals surface area contributed by atoms with Gasteiger partial charge >= 0.3 is 6.09 Å². The molecule has 20 heavy (non-hydrogen) atoms. The van der Waals surface area contributed by atoms with E-state index in [9.17, 15) is 4.79 Å². The van der Waals surface area contributed by atoms with Gasteiger partial charge in [0.15, 0.2) is 5.84 Å². The van der Waals surface area contributed by atoms with Crippen LogP contribution in [0.2, 0.25) is 0 Å². The molecule has 0 bridgehead atoms. The molecule has 1 amide bonds. The summed E-state index contributed by atoms with van der Waals surface area (Å²) in [4.78, 5) is 13.5. The summed E-state index contributed by atoms with van der Waals surface area (Å²) >= 11 is 0. The number of carbonyl (C=O) groups excluding carboxylic acids is 1. The van der Waals surface area contributed by atoms with E-state index in [0.717, 1.165) is 19.4 Å². The first-order valence-corrected chi connectivity index (χ1v) is 6.98. The molecule has 7 heteroatoms. The number of ether oxygens (including phenoxy) is 2. The molecule has 1 saturated heterocycles. The average Bonchev–Trinajstić information content (AvgIpc) is 2.85. The van der Waals surface area contributed by atoms with Gasteiger partial charge in [-0.05, 0) is 39.5 Å². The third-order valence-corrected chi connectivity index (χ3v) is 3.31. The van der Waals surface area contributed by atoms with E-state index in [1.54, 1.807) is 11.8 Å². The Morgan fingerprint density at radius 3 is 2.80 bits per heavy atom. The Labute approximate surface area is 119 Å². The number of carbonyl (C=O) groups is 1. The van der Waals surface area contributed by atoms with Crippen LogP contribution < -0.4 is 5.73 Å². The summed E-state index contributed by atoms with van der Waals surface area (Å²) in [5, 5.41) is 11.4. The van der Waals surface area contributed by atoms with Crippen LogP contribution in [0, 0.1) is 5.92 Å². The van der Waals surface area contributed by atoms with Crippen LogP contribution >= 0.6 is 0 Å². The zero-order valence-electron chi connectivity index (χ0n) is 12.4. The Hall–Kier alpha value is -1.50. The predicted octanol–water partition coefficient (Wildman–Crippen LogP) is 1.39. The standard InChI is InChI=1S/C13H25N3O4/c1-9(2)20-13(17)16-6-4-11(8-16)5-7-19-10(3)12(14)15-18/h9-11,18H,4-8H2,1-3H3,(H2,14,15). The highest BCUT2D eigenvalue weighted by atomic mass is 16.6. The molecule has 2 unspecified atom stereocenters. The minimum Gasteiger partial charge on any atom is -0.447 e. The summed E-state index contributed by atoms with van der Waals surface area (Å²) < 4.78 is 10.6. The van der Waals surface area contributed by atoms with Gasteiger partial charge in [-0.1, -0.05) is 5.16 Å². The van der Waals surface area contributed by atoms with Crippen molar-refractivity contribution in [3.8, 4) is 0 Å². The topological polar surface area (TPSA) is 97.4 Å². The number of amidine groups is 1. The van der Waals surface area contributed by atoms with Gasteiger partial charge in [0.1, 0.15) is 6.10 Å². The molecule has 1 fully saturated rings. The van der Waals surface area contributed by atoms with E-state index in [1.165, 1.54) is 0 Å². The fourth-order valence-corrected chi connectivity index (χ4v) is 2.09. The van der Waals surface area contributed by atoms with Gasteiger partial charge < -0.3 is 25.3 Å². The fourth-order valence-electron chi connectivity index (χ4n) is 2.09. The lowest BCUT2D eigenvalue weighted by Crippen LogP contribution is -2.31. The van der Waals surface area contributed by atoms with Crippen molar-refractivity contribution in [1.82, 2.24) is 4.90 Å². The van der Waals surface area contributed by atoms with Crippen molar-refractivity contribution in [3.05, 3.63) is 0 Å². The van der Waals surface area contributed by atoms with Crippen LogP contribution in [0.3, 0.4) is 0 Å². The number of rotatable bonds is 6. The molecular formula is C13H25N3O4. The third kappa shape index (κ3) is 5.24. The molecule has 1 heterocycles. The number of nitrogens with two attached hydrogens (primary N) is 1. The van der Waals surface area contributed by atoms with Gasteiger partial charge in [-0.2, -0.15) is 0 Å².